The van der Waals surface area contributed by atoms with Gasteiger partial charge in [-0.3, -0.25) is 28.9 Å². The van der Waals surface area contributed by atoms with Crippen molar-refractivity contribution in [2.24, 2.45) is 5.92 Å². The van der Waals surface area contributed by atoms with Gasteiger partial charge >= 0.3 is 0 Å². The molecule has 4 aliphatic heterocycles. The highest BCUT2D eigenvalue weighted by molar-refractivity contribution is 6.72. The maximum absolute atomic E-state index is 16.9. The maximum atomic E-state index is 16.9. The van der Waals surface area contributed by atoms with Crippen LogP contribution in [0.5, 0.6) is 11.5 Å². The molecule has 15 heteroatoms. The molecule has 320 valence electrons. The van der Waals surface area contributed by atoms with E-state index in [0.29, 0.717) is 69.7 Å². The molecule has 4 aliphatic rings. The zero-order chi connectivity index (χ0) is 43.6. The number of rotatable bonds is 10. The number of benzene rings is 5. The second-order valence-corrected chi connectivity index (χ2v) is 20.8. The third kappa shape index (κ3) is 6.87. The van der Waals surface area contributed by atoms with Crippen molar-refractivity contribution in [3.63, 3.8) is 0 Å². The standard InChI is InChI=1S/C48H45FN6O7Si/c1-30-46(63(2,3)49)42(23-24-52-27-36(50-51-52)45(58)32-11-5-4-6-12-32)62-48(30)35-25-34(55-39-14-8-10-16-41(39)61-29-44(55)57)21-22-37(35)53(47(48)59)26-31-17-19-33(20-18-31)54-38-13-7-9-15-40(38)60-28-43(54)56/h4-22,25,27,30,42,45-46,58H,23-24,26,28-29H2,1-3H3/t30-,42+,45-,46-,48+/m1/s1. The van der Waals surface area contributed by atoms with Gasteiger partial charge in [-0.1, -0.05) is 78.9 Å². The summed E-state index contributed by atoms with van der Waals surface area (Å²) in [5, 5.41) is 19.5. The van der Waals surface area contributed by atoms with Crippen molar-refractivity contribution in [1.29, 1.82) is 0 Å². The van der Waals surface area contributed by atoms with Crippen LogP contribution in [0.25, 0.3) is 0 Å². The molecule has 3 amide bonds. The molecule has 5 heterocycles. The fraction of sp³-hybridized carbons (Fsp3) is 0.271. The van der Waals surface area contributed by atoms with Gasteiger partial charge in [0.2, 0.25) is 8.41 Å². The maximum Gasteiger partial charge on any atom is 0.269 e. The van der Waals surface area contributed by atoms with Crippen LogP contribution in [-0.4, -0.2) is 65.5 Å². The van der Waals surface area contributed by atoms with Crippen molar-refractivity contribution >= 4 is 54.6 Å². The first kappa shape index (κ1) is 40.4. The third-order valence-electron chi connectivity index (χ3n) is 12.7. The summed E-state index contributed by atoms with van der Waals surface area (Å²) in [6.07, 6.45) is 0.351. The molecule has 1 spiro atoms. The van der Waals surface area contributed by atoms with Crippen LogP contribution in [0.15, 0.2) is 128 Å². The number of anilines is 5. The summed E-state index contributed by atoms with van der Waals surface area (Å²) in [5.41, 5.74) is 3.23. The second kappa shape index (κ2) is 15.6. The zero-order valence-corrected chi connectivity index (χ0v) is 35.9. The molecule has 10 rings (SSSR count). The summed E-state index contributed by atoms with van der Waals surface area (Å²) in [6.45, 7) is 5.44. The van der Waals surface area contributed by atoms with Crippen molar-refractivity contribution in [3.8, 4) is 11.5 Å². The lowest BCUT2D eigenvalue weighted by Crippen LogP contribution is -2.45. The fourth-order valence-electron chi connectivity index (χ4n) is 9.92. The minimum Gasteiger partial charge on any atom is -0.482 e. The van der Waals surface area contributed by atoms with Crippen LogP contribution in [0.4, 0.5) is 32.5 Å². The molecule has 1 aromatic heterocycles. The third-order valence-corrected chi connectivity index (χ3v) is 15.2. The van der Waals surface area contributed by atoms with Gasteiger partial charge < -0.3 is 28.3 Å². The number of nitrogens with zero attached hydrogens (tertiary/aromatic N) is 6. The van der Waals surface area contributed by atoms with Gasteiger partial charge in [0, 0.05) is 34.9 Å². The molecule has 0 radical (unpaired) electrons. The smallest absolute Gasteiger partial charge is 0.269 e. The molecule has 0 aliphatic carbocycles. The molecule has 63 heavy (non-hydrogen) atoms. The van der Waals surface area contributed by atoms with Crippen molar-refractivity contribution in [1.82, 2.24) is 15.0 Å². The number of hydrogen-bond donors (Lipinski definition) is 1. The number of aliphatic hydroxyl groups is 1. The average molecular weight is 865 g/mol. The number of fused-ring (bicyclic) bond motifs is 4. The van der Waals surface area contributed by atoms with Gasteiger partial charge in [-0.15, -0.1) is 5.10 Å². The van der Waals surface area contributed by atoms with Gasteiger partial charge in [-0.2, -0.15) is 0 Å². The predicted octanol–water partition coefficient (Wildman–Crippen LogP) is 7.89. The van der Waals surface area contributed by atoms with E-state index in [2.05, 4.69) is 10.3 Å². The first-order valence-corrected chi connectivity index (χ1v) is 24.0. The van der Waals surface area contributed by atoms with E-state index >= 15 is 8.90 Å². The predicted molar refractivity (Wildman–Crippen MR) is 235 cm³/mol. The monoisotopic (exact) mass is 864 g/mol. The summed E-state index contributed by atoms with van der Waals surface area (Å²) < 4.78 is 37.0. The summed E-state index contributed by atoms with van der Waals surface area (Å²) in [7, 11) is -3.55. The Balaban J connectivity index is 1.00. The van der Waals surface area contributed by atoms with E-state index in [1.807, 2.05) is 122 Å². The molecule has 0 unspecified atom stereocenters. The number of aromatic nitrogens is 3. The Hall–Kier alpha value is -6.68. The Morgan fingerprint density at radius 1 is 0.794 bits per heavy atom. The largest absolute Gasteiger partial charge is 0.482 e. The Labute approximate surface area is 364 Å². The number of para-hydroxylation sites is 4. The number of carbonyl (C=O) groups excluding carboxylic acids is 3. The molecule has 1 N–H and O–H groups in total. The Bertz CT molecular complexity index is 2750. The van der Waals surface area contributed by atoms with E-state index in [4.69, 9.17) is 14.2 Å². The van der Waals surface area contributed by atoms with Crippen molar-refractivity contribution in [3.05, 3.63) is 150 Å². The van der Waals surface area contributed by atoms with E-state index in [1.54, 1.807) is 44.7 Å². The van der Waals surface area contributed by atoms with Gasteiger partial charge in [-0.05, 0) is 85.2 Å². The van der Waals surface area contributed by atoms with Crippen LogP contribution >= 0.6 is 0 Å². The first-order valence-electron chi connectivity index (χ1n) is 21.1. The zero-order valence-electron chi connectivity index (χ0n) is 34.9. The lowest BCUT2D eigenvalue weighted by atomic mass is 9.82. The molecule has 1 saturated heterocycles. The lowest BCUT2D eigenvalue weighted by molar-refractivity contribution is -0.146. The van der Waals surface area contributed by atoms with Crippen molar-refractivity contribution < 1.29 is 37.8 Å². The number of carbonyl (C=O) groups is 3. The Morgan fingerprint density at radius 3 is 2.05 bits per heavy atom. The van der Waals surface area contributed by atoms with Crippen molar-refractivity contribution in [2.75, 3.05) is 27.9 Å². The number of aryl methyl sites for hydroxylation is 1. The van der Waals surface area contributed by atoms with E-state index in [0.717, 1.165) is 5.56 Å². The van der Waals surface area contributed by atoms with E-state index in [-0.39, 0.29) is 37.5 Å². The molecular formula is C48H45FN6O7Si. The highest BCUT2D eigenvalue weighted by atomic mass is 28.4. The van der Waals surface area contributed by atoms with Crippen LogP contribution in [0.3, 0.4) is 0 Å². The van der Waals surface area contributed by atoms with Gasteiger partial charge in [0.25, 0.3) is 17.7 Å². The van der Waals surface area contributed by atoms with E-state index in [9.17, 15) is 14.7 Å². The van der Waals surface area contributed by atoms with Gasteiger partial charge in [0.05, 0.1) is 35.9 Å². The molecule has 5 atom stereocenters. The number of ether oxygens (including phenoxy) is 3. The van der Waals surface area contributed by atoms with E-state index < -0.39 is 37.7 Å². The quantitative estimate of drug-likeness (QED) is 0.108. The molecule has 0 bridgehead atoms. The Kier molecular flexibility index (Phi) is 10.00. The van der Waals surface area contributed by atoms with Crippen LogP contribution < -0.4 is 24.2 Å². The SMILES string of the molecule is C[C@@H]1[C@@H]([Si](C)(C)F)[C@H](CCn2cc([C@H](O)c3ccccc3)nn2)O[C@@]12C(=O)N(Cc1ccc(N3C(=O)COc4ccccc43)cc1)c1ccc(N3C(=O)COc4ccccc43)cc12. The van der Waals surface area contributed by atoms with Crippen LogP contribution in [0.1, 0.15) is 41.8 Å². The number of hydrogen-bond acceptors (Lipinski definition) is 9. The van der Waals surface area contributed by atoms with Crippen LogP contribution in [0.2, 0.25) is 18.6 Å². The molecule has 1 fully saturated rings. The molecule has 13 nitrogen and oxygen atoms in total. The topological polar surface area (TPSA) is 140 Å². The fourth-order valence-corrected chi connectivity index (χ4v) is 12.5. The molecule has 5 aromatic carbocycles. The molecule has 0 saturated carbocycles. The lowest BCUT2D eigenvalue weighted by Gasteiger charge is -2.32. The summed E-state index contributed by atoms with van der Waals surface area (Å²) in [6, 6.07) is 36.8. The highest BCUT2D eigenvalue weighted by Crippen LogP contribution is 2.61. The van der Waals surface area contributed by atoms with Gasteiger partial charge in [0.1, 0.15) is 23.3 Å². The minimum absolute atomic E-state index is 0.0838. The normalized spacial score (nSPS) is 22.1. The van der Waals surface area contributed by atoms with Gasteiger partial charge in [-0.25, -0.2) is 0 Å². The average Bonchev–Trinajstić information content (AvgIpc) is 3.96. The highest BCUT2D eigenvalue weighted by Gasteiger charge is 2.66. The number of aliphatic hydroxyl groups excluding tert-OH is 1. The van der Waals surface area contributed by atoms with Crippen LogP contribution in [-0.2, 0) is 37.8 Å². The summed E-state index contributed by atoms with van der Waals surface area (Å²) in [4.78, 5) is 47.0. The minimum atomic E-state index is -3.55. The Morgan fingerprint density at radius 2 is 1.40 bits per heavy atom. The van der Waals surface area contributed by atoms with E-state index in [1.165, 1.54) is 0 Å². The molecule has 6 aromatic rings. The van der Waals surface area contributed by atoms with Crippen molar-refractivity contribution in [2.45, 2.75) is 62.9 Å². The summed E-state index contributed by atoms with van der Waals surface area (Å²) >= 11 is 0. The second-order valence-electron chi connectivity index (χ2n) is 17.0. The summed E-state index contributed by atoms with van der Waals surface area (Å²) in [5.74, 6) is -0.232. The number of halogens is 1. The molecular weight excluding hydrogens is 820 g/mol. The number of amides is 3. The van der Waals surface area contributed by atoms with Crippen LogP contribution in [0, 0.1) is 5.92 Å². The first-order chi connectivity index (χ1) is 30.4. The van der Waals surface area contributed by atoms with Gasteiger partial charge in [0.15, 0.2) is 18.8 Å².